The van der Waals surface area contributed by atoms with Gasteiger partial charge in [0, 0.05) is 43.4 Å². The van der Waals surface area contributed by atoms with Crippen LogP contribution in [0.3, 0.4) is 0 Å². The van der Waals surface area contributed by atoms with E-state index in [-0.39, 0.29) is 35.4 Å². The third-order valence-electron chi connectivity index (χ3n) is 7.76. The van der Waals surface area contributed by atoms with Gasteiger partial charge in [0.05, 0.1) is 0 Å². The maximum atomic E-state index is 14.0. The normalized spacial score (nSPS) is 25.2. The fourth-order valence-electron chi connectivity index (χ4n) is 5.91. The number of carbonyl (C=O) groups is 2. The highest BCUT2D eigenvalue weighted by Gasteiger charge is 2.50. The van der Waals surface area contributed by atoms with Crippen LogP contribution in [-0.2, 0) is 6.54 Å². The Morgan fingerprint density at radius 1 is 1.23 bits per heavy atom. The molecule has 1 saturated carbocycles. The lowest BCUT2D eigenvalue weighted by molar-refractivity contribution is 0.00613. The van der Waals surface area contributed by atoms with E-state index in [9.17, 15) is 28.3 Å². The number of carbonyl (C=O) groups excluding carboxylic acids is 2. The fourth-order valence-corrected chi connectivity index (χ4v) is 5.91. The minimum atomic E-state index is -0.971. The van der Waals surface area contributed by atoms with Crippen LogP contribution < -0.4 is 15.8 Å². The van der Waals surface area contributed by atoms with Gasteiger partial charge in [-0.25, -0.2) is 8.78 Å². The standard InChI is InChI=1S/C25H28F2N4O4/c1-3-29-24-17-8-14(5-4-13(17)2)11-31(24)30-12-18(21(32)22(33)20(30)25(29)35)23(34)28-10-15-6-7-16(26)9-19(15)27/h6-7,9,12-14,17,24,33H,3-5,8,10-11H2,1-2H3,(H,28,34)/t13-,14-,17-,24+/m1/s1. The van der Waals surface area contributed by atoms with Gasteiger partial charge in [-0.2, -0.15) is 0 Å². The molecule has 8 nitrogen and oxygen atoms in total. The molecule has 186 valence electrons. The Morgan fingerprint density at radius 3 is 2.71 bits per heavy atom. The van der Waals surface area contributed by atoms with Gasteiger partial charge in [-0.15, -0.1) is 0 Å². The SMILES string of the molecule is CCN1C(=O)c2c(O)c(=O)c(C(=O)NCc3ccc(F)cc3F)cn2N2C[C@@H]3CC[C@@H](C)[C@@H](C3)[C@@H]12. The minimum Gasteiger partial charge on any atom is -0.502 e. The van der Waals surface area contributed by atoms with E-state index >= 15 is 0 Å². The van der Waals surface area contributed by atoms with Crippen molar-refractivity contribution in [3.8, 4) is 5.75 Å². The number of hydrogen-bond acceptors (Lipinski definition) is 5. The van der Waals surface area contributed by atoms with Crippen LogP contribution in [0, 0.1) is 29.4 Å². The zero-order chi connectivity index (χ0) is 25.0. The molecule has 0 radical (unpaired) electrons. The number of benzene rings is 1. The van der Waals surface area contributed by atoms with E-state index in [4.69, 9.17) is 0 Å². The largest absolute Gasteiger partial charge is 0.502 e. The highest BCUT2D eigenvalue weighted by Crippen LogP contribution is 2.44. The van der Waals surface area contributed by atoms with Gasteiger partial charge in [0.25, 0.3) is 11.8 Å². The Hall–Kier alpha value is -3.43. The summed E-state index contributed by atoms with van der Waals surface area (Å²) >= 11 is 0. The van der Waals surface area contributed by atoms with Gasteiger partial charge < -0.3 is 15.3 Å². The molecule has 2 amide bonds. The van der Waals surface area contributed by atoms with Crippen LogP contribution in [0.1, 0.15) is 59.5 Å². The average Bonchev–Trinajstić information content (AvgIpc) is 2.83. The van der Waals surface area contributed by atoms with Crippen molar-refractivity contribution in [3.63, 3.8) is 0 Å². The number of nitrogens with zero attached hydrogens (tertiary/aromatic N) is 3. The highest BCUT2D eigenvalue weighted by molar-refractivity contribution is 5.99. The van der Waals surface area contributed by atoms with Crippen LogP contribution >= 0.6 is 0 Å². The number of fused-ring (bicyclic) bond motifs is 6. The monoisotopic (exact) mass is 486 g/mol. The van der Waals surface area contributed by atoms with Gasteiger partial charge in [0.2, 0.25) is 5.43 Å². The van der Waals surface area contributed by atoms with Crippen LogP contribution in [0.4, 0.5) is 8.78 Å². The van der Waals surface area contributed by atoms with Crippen molar-refractivity contribution in [1.82, 2.24) is 14.9 Å². The maximum Gasteiger partial charge on any atom is 0.278 e. The summed E-state index contributed by atoms with van der Waals surface area (Å²) in [7, 11) is 0. The van der Waals surface area contributed by atoms with Gasteiger partial charge in [-0.1, -0.05) is 13.0 Å². The van der Waals surface area contributed by atoms with E-state index in [1.807, 2.05) is 11.9 Å². The Kier molecular flexibility index (Phi) is 5.77. The Balaban J connectivity index is 1.53. The number of piperidine rings is 1. The van der Waals surface area contributed by atoms with E-state index < -0.39 is 34.6 Å². The summed E-state index contributed by atoms with van der Waals surface area (Å²) in [5.74, 6) is -2.56. The van der Waals surface area contributed by atoms with Crippen LogP contribution in [-0.4, -0.2) is 45.8 Å². The van der Waals surface area contributed by atoms with Crippen molar-refractivity contribution in [2.24, 2.45) is 17.8 Å². The molecule has 2 N–H and O–H groups in total. The molecule has 35 heavy (non-hydrogen) atoms. The van der Waals surface area contributed by atoms with E-state index in [1.165, 1.54) is 16.9 Å². The van der Waals surface area contributed by atoms with Crippen molar-refractivity contribution in [2.75, 3.05) is 18.1 Å². The summed E-state index contributed by atoms with van der Waals surface area (Å²) in [6.07, 6.45) is 4.21. The molecule has 0 unspecified atom stereocenters. The fraction of sp³-hybridized carbons (Fsp3) is 0.480. The van der Waals surface area contributed by atoms with E-state index in [1.54, 1.807) is 4.90 Å². The van der Waals surface area contributed by atoms with Gasteiger partial charge in [0.1, 0.15) is 23.4 Å². The lowest BCUT2D eigenvalue weighted by Crippen LogP contribution is -2.68. The van der Waals surface area contributed by atoms with Gasteiger partial charge in [0.15, 0.2) is 11.4 Å². The molecule has 3 heterocycles. The number of rotatable bonds is 4. The topological polar surface area (TPSA) is 94.9 Å². The number of amides is 2. The van der Waals surface area contributed by atoms with Crippen molar-refractivity contribution in [1.29, 1.82) is 0 Å². The lowest BCUT2D eigenvalue weighted by atomic mass is 9.70. The van der Waals surface area contributed by atoms with Crippen molar-refractivity contribution >= 4 is 11.8 Å². The quantitative estimate of drug-likeness (QED) is 0.693. The molecule has 1 aromatic heterocycles. The third kappa shape index (κ3) is 3.75. The Labute approximate surface area is 201 Å². The van der Waals surface area contributed by atoms with Crippen molar-refractivity contribution in [3.05, 3.63) is 63.1 Å². The minimum absolute atomic E-state index is 0.0497. The summed E-state index contributed by atoms with van der Waals surface area (Å²) in [4.78, 5) is 40.9. The number of halogens is 2. The van der Waals surface area contributed by atoms with Crippen LogP contribution in [0.5, 0.6) is 5.75 Å². The van der Waals surface area contributed by atoms with E-state index in [0.717, 1.165) is 25.3 Å². The zero-order valence-corrected chi connectivity index (χ0v) is 19.6. The molecule has 4 atom stereocenters. The lowest BCUT2D eigenvalue weighted by Gasteiger charge is -2.57. The molecule has 2 aromatic rings. The Bertz CT molecular complexity index is 1260. The van der Waals surface area contributed by atoms with Gasteiger partial charge in [-0.3, -0.25) is 24.1 Å². The first-order chi connectivity index (χ1) is 16.7. The van der Waals surface area contributed by atoms with E-state index in [2.05, 4.69) is 12.2 Å². The molecule has 0 spiro atoms. The molecule has 1 saturated heterocycles. The summed E-state index contributed by atoms with van der Waals surface area (Å²) < 4.78 is 28.6. The number of pyridine rings is 1. The first-order valence-corrected chi connectivity index (χ1v) is 12.0. The van der Waals surface area contributed by atoms with Gasteiger partial charge in [-0.05, 0) is 44.1 Å². The second kappa shape index (κ2) is 8.66. The van der Waals surface area contributed by atoms with Crippen molar-refractivity contribution < 1.29 is 23.5 Å². The molecule has 2 bridgehead atoms. The molecule has 2 fully saturated rings. The summed E-state index contributed by atoms with van der Waals surface area (Å²) in [6.45, 7) is 4.84. The molecule has 1 aliphatic carbocycles. The Morgan fingerprint density at radius 2 is 2.00 bits per heavy atom. The summed E-state index contributed by atoms with van der Waals surface area (Å²) in [5, 5.41) is 15.2. The molecule has 1 aromatic carbocycles. The predicted molar refractivity (Wildman–Crippen MR) is 123 cm³/mol. The molecule has 5 rings (SSSR count). The number of aromatic nitrogens is 1. The number of hydrogen-bond donors (Lipinski definition) is 2. The van der Waals surface area contributed by atoms with Crippen LogP contribution in [0.25, 0.3) is 0 Å². The molecule has 3 aliphatic rings. The molecular weight excluding hydrogens is 458 g/mol. The highest BCUT2D eigenvalue weighted by atomic mass is 19.1. The van der Waals surface area contributed by atoms with Gasteiger partial charge >= 0.3 is 0 Å². The number of aromatic hydroxyl groups is 1. The first kappa shape index (κ1) is 23.3. The second-order valence-corrected chi connectivity index (χ2v) is 9.78. The van der Waals surface area contributed by atoms with E-state index in [0.29, 0.717) is 31.0 Å². The predicted octanol–water partition coefficient (Wildman–Crippen LogP) is 2.57. The zero-order valence-electron chi connectivity index (χ0n) is 19.6. The van der Waals surface area contributed by atoms with Crippen LogP contribution in [0.15, 0.2) is 29.2 Å². The van der Waals surface area contributed by atoms with Crippen molar-refractivity contribution in [2.45, 2.75) is 45.8 Å². The van der Waals surface area contributed by atoms with Crippen LogP contribution in [0.2, 0.25) is 0 Å². The molecule has 10 heteroatoms. The summed E-state index contributed by atoms with van der Waals surface area (Å²) in [6, 6.07) is 2.99. The summed E-state index contributed by atoms with van der Waals surface area (Å²) in [5.41, 5.74) is -1.42. The number of nitrogens with one attached hydrogen (secondary N) is 1. The average molecular weight is 487 g/mol. The maximum absolute atomic E-state index is 14.0. The third-order valence-corrected chi connectivity index (χ3v) is 7.76. The molecular formula is C25H28F2N4O4. The first-order valence-electron chi connectivity index (χ1n) is 12.0. The smallest absolute Gasteiger partial charge is 0.278 e. The second-order valence-electron chi connectivity index (χ2n) is 9.78. The molecule has 2 aliphatic heterocycles.